The van der Waals surface area contributed by atoms with Crippen molar-refractivity contribution >= 4 is 16.8 Å². The van der Waals surface area contributed by atoms with Gasteiger partial charge in [-0.1, -0.05) is 6.07 Å². The minimum absolute atomic E-state index is 0.111. The number of rotatable bonds is 7. The molecule has 0 bridgehead atoms. The van der Waals surface area contributed by atoms with Crippen LogP contribution in [0.5, 0.6) is 0 Å². The van der Waals surface area contributed by atoms with Gasteiger partial charge in [0.05, 0.1) is 0 Å². The topological polar surface area (TPSA) is 46.1 Å². The average Bonchev–Trinajstić information content (AvgIpc) is 3.25. The highest BCUT2D eigenvalue weighted by Gasteiger charge is 2.19. The number of aromatic nitrogens is 1. The van der Waals surface area contributed by atoms with Gasteiger partial charge < -0.3 is 15.2 Å². The van der Waals surface area contributed by atoms with Crippen molar-refractivity contribution in [2.75, 3.05) is 7.05 Å². The first-order valence-corrected chi connectivity index (χ1v) is 7.78. The number of carbonyl (C=O) groups excluding carboxylic acids is 1. The fourth-order valence-corrected chi connectivity index (χ4v) is 2.64. The number of nitrogens with zero attached hydrogens (tertiary/aromatic N) is 1. The quantitative estimate of drug-likeness (QED) is 0.820. The molecule has 0 radical (unpaired) electrons. The molecule has 21 heavy (non-hydrogen) atoms. The third-order valence-corrected chi connectivity index (χ3v) is 4.09. The minimum Gasteiger partial charge on any atom is -0.359 e. The maximum atomic E-state index is 11.3. The minimum atomic E-state index is 0.111. The van der Waals surface area contributed by atoms with Gasteiger partial charge in [-0.05, 0) is 48.4 Å². The van der Waals surface area contributed by atoms with Gasteiger partial charge >= 0.3 is 0 Å². The van der Waals surface area contributed by atoms with Crippen molar-refractivity contribution in [1.82, 2.24) is 15.2 Å². The summed E-state index contributed by atoms with van der Waals surface area (Å²) in [5.41, 5.74) is 2.60. The van der Waals surface area contributed by atoms with E-state index >= 15 is 0 Å². The molecule has 4 heteroatoms. The van der Waals surface area contributed by atoms with Crippen LogP contribution in [0.2, 0.25) is 0 Å². The van der Waals surface area contributed by atoms with Crippen LogP contribution in [0, 0.1) is 0 Å². The van der Waals surface area contributed by atoms with E-state index in [9.17, 15) is 4.79 Å². The number of nitrogens with one attached hydrogen (secondary N) is 2. The molecule has 0 spiro atoms. The first-order chi connectivity index (χ1) is 10.3. The van der Waals surface area contributed by atoms with Crippen LogP contribution in [-0.2, 0) is 17.9 Å². The third kappa shape index (κ3) is 3.64. The molecule has 1 heterocycles. The Hall–Kier alpha value is -1.81. The molecule has 1 aromatic carbocycles. The monoisotopic (exact) mass is 285 g/mol. The highest BCUT2D eigenvalue weighted by Crippen LogP contribution is 2.21. The highest BCUT2D eigenvalue weighted by atomic mass is 16.1. The Labute approximate surface area is 125 Å². The Morgan fingerprint density at radius 2 is 2.19 bits per heavy atom. The van der Waals surface area contributed by atoms with Crippen molar-refractivity contribution < 1.29 is 4.79 Å². The lowest BCUT2D eigenvalue weighted by Gasteiger charge is -2.07. The summed E-state index contributed by atoms with van der Waals surface area (Å²) < 4.78 is 2.23. The van der Waals surface area contributed by atoms with Crippen LogP contribution in [0.15, 0.2) is 30.5 Å². The Kier molecular flexibility index (Phi) is 4.25. The third-order valence-electron chi connectivity index (χ3n) is 4.09. The molecular weight excluding hydrogens is 262 g/mol. The van der Waals surface area contributed by atoms with E-state index in [4.69, 9.17) is 0 Å². The van der Waals surface area contributed by atoms with Crippen LogP contribution in [0.1, 0.15) is 31.2 Å². The molecule has 112 valence electrons. The van der Waals surface area contributed by atoms with Crippen molar-refractivity contribution in [2.45, 2.75) is 44.8 Å². The predicted molar refractivity (Wildman–Crippen MR) is 85.1 cm³/mol. The van der Waals surface area contributed by atoms with Crippen molar-refractivity contribution in [3.05, 3.63) is 36.0 Å². The molecule has 1 aliphatic rings. The van der Waals surface area contributed by atoms with E-state index in [2.05, 4.69) is 45.7 Å². The first-order valence-electron chi connectivity index (χ1n) is 7.78. The zero-order valence-corrected chi connectivity index (χ0v) is 12.6. The molecule has 0 saturated heterocycles. The van der Waals surface area contributed by atoms with Gasteiger partial charge in [0, 0.05) is 44.3 Å². The fourth-order valence-electron chi connectivity index (χ4n) is 2.64. The zero-order valence-electron chi connectivity index (χ0n) is 12.6. The Morgan fingerprint density at radius 3 is 2.95 bits per heavy atom. The van der Waals surface area contributed by atoms with Crippen molar-refractivity contribution in [3.63, 3.8) is 0 Å². The van der Waals surface area contributed by atoms with Gasteiger partial charge in [0.25, 0.3) is 0 Å². The SMILES string of the molecule is CNC(=O)CCCn1ccc2cc(CNC3CC3)ccc21. The zero-order chi connectivity index (χ0) is 14.7. The highest BCUT2D eigenvalue weighted by molar-refractivity contribution is 5.81. The van der Waals surface area contributed by atoms with Crippen LogP contribution < -0.4 is 10.6 Å². The number of benzene rings is 1. The van der Waals surface area contributed by atoms with Gasteiger partial charge in [-0.15, -0.1) is 0 Å². The molecule has 0 unspecified atom stereocenters. The fraction of sp³-hybridized carbons (Fsp3) is 0.471. The average molecular weight is 285 g/mol. The molecule has 1 fully saturated rings. The van der Waals surface area contributed by atoms with Crippen LogP contribution >= 0.6 is 0 Å². The second-order valence-corrected chi connectivity index (χ2v) is 5.83. The van der Waals surface area contributed by atoms with Crippen LogP contribution in [0.3, 0.4) is 0 Å². The molecule has 0 atom stereocenters. The maximum Gasteiger partial charge on any atom is 0.219 e. The Morgan fingerprint density at radius 1 is 1.33 bits per heavy atom. The molecule has 1 aromatic heterocycles. The van der Waals surface area contributed by atoms with Crippen molar-refractivity contribution in [3.8, 4) is 0 Å². The van der Waals surface area contributed by atoms with Crippen molar-refractivity contribution in [1.29, 1.82) is 0 Å². The summed E-state index contributed by atoms with van der Waals surface area (Å²) in [6, 6.07) is 9.57. The van der Waals surface area contributed by atoms with Gasteiger partial charge in [-0.3, -0.25) is 4.79 Å². The van der Waals surface area contributed by atoms with E-state index in [1.807, 2.05) is 0 Å². The molecule has 2 aromatic rings. The van der Waals surface area contributed by atoms with E-state index < -0.39 is 0 Å². The molecule has 2 N–H and O–H groups in total. The van der Waals surface area contributed by atoms with Crippen LogP contribution in [0.4, 0.5) is 0 Å². The smallest absolute Gasteiger partial charge is 0.219 e. The summed E-state index contributed by atoms with van der Waals surface area (Å²) in [5, 5.41) is 7.49. The lowest BCUT2D eigenvalue weighted by Crippen LogP contribution is -2.17. The number of fused-ring (bicyclic) bond motifs is 1. The second-order valence-electron chi connectivity index (χ2n) is 5.83. The van der Waals surface area contributed by atoms with Crippen LogP contribution in [0.25, 0.3) is 10.9 Å². The normalized spacial score (nSPS) is 14.5. The number of hydrogen-bond donors (Lipinski definition) is 2. The van der Waals surface area contributed by atoms with E-state index in [0.717, 1.165) is 25.6 Å². The van der Waals surface area contributed by atoms with Crippen LogP contribution in [-0.4, -0.2) is 23.6 Å². The number of hydrogen-bond acceptors (Lipinski definition) is 2. The van der Waals surface area contributed by atoms with Gasteiger partial charge in [0.1, 0.15) is 0 Å². The summed E-state index contributed by atoms with van der Waals surface area (Å²) >= 11 is 0. The molecule has 4 nitrogen and oxygen atoms in total. The standard InChI is InChI=1S/C17H23N3O/c1-18-17(21)3-2-9-20-10-8-14-11-13(4-7-16(14)20)12-19-15-5-6-15/h4,7-8,10-11,15,19H,2-3,5-6,9,12H2,1H3,(H,18,21). The largest absolute Gasteiger partial charge is 0.359 e. The van der Waals surface area contributed by atoms with Gasteiger partial charge in [0.2, 0.25) is 5.91 Å². The Balaban J connectivity index is 1.62. The second kappa shape index (κ2) is 6.31. The summed E-state index contributed by atoms with van der Waals surface area (Å²) in [6.45, 7) is 1.85. The van der Waals surface area contributed by atoms with E-state index in [-0.39, 0.29) is 5.91 Å². The molecule has 1 aliphatic carbocycles. The predicted octanol–water partition coefficient (Wildman–Crippen LogP) is 2.42. The summed E-state index contributed by atoms with van der Waals surface area (Å²) in [4.78, 5) is 11.3. The first kappa shape index (κ1) is 14.1. The number of carbonyl (C=O) groups is 1. The lowest BCUT2D eigenvalue weighted by molar-refractivity contribution is -0.120. The number of amides is 1. The van der Waals surface area contributed by atoms with E-state index in [1.165, 1.54) is 29.3 Å². The van der Waals surface area contributed by atoms with Gasteiger partial charge in [0.15, 0.2) is 0 Å². The molecule has 3 rings (SSSR count). The molecular formula is C17H23N3O. The molecule has 0 aliphatic heterocycles. The maximum absolute atomic E-state index is 11.3. The Bertz CT molecular complexity index is 628. The molecule has 1 saturated carbocycles. The summed E-state index contributed by atoms with van der Waals surface area (Å²) in [5.74, 6) is 0.111. The molecule has 1 amide bonds. The summed E-state index contributed by atoms with van der Waals surface area (Å²) in [7, 11) is 1.69. The summed E-state index contributed by atoms with van der Waals surface area (Å²) in [6.07, 6.45) is 6.22. The number of aryl methyl sites for hydroxylation is 1. The van der Waals surface area contributed by atoms with Crippen molar-refractivity contribution in [2.24, 2.45) is 0 Å². The van der Waals surface area contributed by atoms with Gasteiger partial charge in [-0.2, -0.15) is 0 Å². The van der Waals surface area contributed by atoms with E-state index in [0.29, 0.717) is 6.42 Å². The van der Waals surface area contributed by atoms with E-state index in [1.54, 1.807) is 7.05 Å². The lowest BCUT2D eigenvalue weighted by atomic mass is 10.1. The van der Waals surface area contributed by atoms with Gasteiger partial charge in [-0.25, -0.2) is 0 Å².